The Morgan fingerprint density at radius 1 is 1.35 bits per heavy atom. The maximum Gasteiger partial charge on any atom is 0.156 e. The monoisotopic (exact) mass is 252 g/mol. The largest absolute Gasteiger partial charge is 0.361 e. The summed E-state index contributed by atoms with van der Waals surface area (Å²) >= 11 is 1.92. The Balaban J connectivity index is 1.80. The molecule has 3 aliphatic rings. The molecule has 0 aromatic rings. The second-order valence-corrected chi connectivity index (χ2v) is 7.96. The number of thioether (sulfide) groups is 1. The van der Waals surface area contributed by atoms with Gasteiger partial charge in [-0.3, -0.25) is 4.99 Å². The van der Waals surface area contributed by atoms with Crippen molar-refractivity contribution in [2.45, 2.75) is 52.5 Å². The highest BCUT2D eigenvalue weighted by Gasteiger charge is 2.59. The molecule has 0 aromatic carbocycles. The van der Waals surface area contributed by atoms with E-state index >= 15 is 0 Å². The molecule has 0 radical (unpaired) electrons. The minimum absolute atomic E-state index is 0.438. The first-order valence-electron chi connectivity index (χ1n) is 6.96. The van der Waals surface area contributed by atoms with Gasteiger partial charge in [0, 0.05) is 18.3 Å². The summed E-state index contributed by atoms with van der Waals surface area (Å²) in [4.78, 5) is 4.64. The fourth-order valence-electron chi connectivity index (χ4n) is 4.33. The van der Waals surface area contributed by atoms with Crippen LogP contribution in [0.5, 0.6) is 0 Å². The first-order chi connectivity index (χ1) is 8.02. The van der Waals surface area contributed by atoms with Crippen molar-refractivity contribution in [3.8, 4) is 0 Å². The molecule has 0 saturated heterocycles. The van der Waals surface area contributed by atoms with Crippen molar-refractivity contribution < 1.29 is 0 Å². The van der Waals surface area contributed by atoms with Gasteiger partial charge < -0.3 is 5.32 Å². The molecular formula is C14H24N2S. The van der Waals surface area contributed by atoms with E-state index in [0.717, 1.165) is 12.5 Å². The summed E-state index contributed by atoms with van der Waals surface area (Å²) in [6, 6.07) is 0.623. The van der Waals surface area contributed by atoms with Crippen LogP contribution in [-0.2, 0) is 0 Å². The number of rotatable bonds is 1. The van der Waals surface area contributed by atoms with Gasteiger partial charge in [-0.1, -0.05) is 32.5 Å². The molecule has 2 bridgehead atoms. The van der Waals surface area contributed by atoms with Crippen molar-refractivity contribution in [2.24, 2.45) is 21.7 Å². The Bertz CT molecular complexity index is 345. The van der Waals surface area contributed by atoms with E-state index in [2.05, 4.69) is 31.1 Å². The van der Waals surface area contributed by atoms with Gasteiger partial charge >= 0.3 is 0 Å². The van der Waals surface area contributed by atoms with E-state index in [9.17, 15) is 0 Å². The first-order valence-corrected chi connectivity index (χ1v) is 7.95. The lowest BCUT2D eigenvalue weighted by atomic mass is 9.68. The minimum atomic E-state index is 0.438. The zero-order valence-electron chi connectivity index (χ0n) is 11.3. The zero-order valence-corrected chi connectivity index (χ0v) is 12.1. The number of aliphatic imine (C=N–C) groups is 1. The Kier molecular flexibility index (Phi) is 2.73. The van der Waals surface area contributed by atoms with Crippen LogP contribution in [0.2, 0.25) is 0 Å². The van der Waals surface area contributed by atoms with Crippen molar-refractivity contribution in [1.29, 1.82) is 0 Å². The van der Waals surface area contributed by atoms with E-state index < -0.39 is 0 Å². The summed E-state index contributed by atoms with van der Waals surface area (Å²) in [5, 5.41) is 5.00. The highest BCUT2D eigenvalue weighted by Crippen LogP contribution is 2.62. The first kappa shape index (κ1) is 11.9. The van der Waals surface area contributed by atoms with E-state index in [4.69, 9.17) is 0 Å². The Morgan fingerprint density at radius 3 is 2.76 bits per heavy atom. The van der Waals surface area contributed by atoms with Crippen LogP contribution in [0, 0.1) is 16.7 Å². The summed E-state index contributed by atoms with van der Waals surface area (Å²) in [5.74, 6) is 2.15. The smallest absolute Gasteiger partial charge is 0.156 e. The van der Waals surface area contributed by atoms with Crippen LogP contribution in [0.1, 0.15) is 46.5 Å². The summed E-state index contributed by atoms with van der Waals surface area (Å²) < 4.78 is 0. The molecular weight excluding hydrogens is 228 g/mol. The van der Waals surface area contributed by atoms with E-state index in [1.54, 1.807) is 0 Å². The standard InChI is InChI=1S/C14H24N2S/c1-13(2)10-5-6-14(3,9-10)11(13)16-12-15-7-4-8-17-12/h10-11H,4-9H2,1-3H3,(H,15,16). The normalized spacial score (nSPS) is 43.6. The number of amidine groups is 1. The highest BCUT2D eigenvalue weighted by molar-refractivity contribution is 8.13. The fraction of sp³-hybridized carbons (Fsp3) is 0.929. The van der Waals surface area contributed by atoms with Gasteiger partial charge in [0.05, 0.1) is 0 Å². The minimum Gasteiger partial charge on any atom is -0.361 e. The predicted molar refractivity (Wildman–Crippen MR) is 75.5 cm³/mol. The molecule has 2 fully saturated rings. The predicted octanol–water partition coefficient (Wildman–Crippen LogP) is 3.28. The van der Waals surface area contributed by atoms with E-state index in [1.807, 2.05) is 11.8 Å². The van der Waals surface area contributed by atoms with Gasteiger partial charge in [0.25, 0.3) is 0 Å². The second kappa shape index (κ2) is 3.91. The Morgan fingerprint density at radius 2 is 2.18 bits per heavy atom. The molecule has 2 saturated carbocycles. The Hall–Kier alpha value is -0.180. The maximum absolute atomic E-state index is 4.64. The summed E-state index contributed by atoms with van der Waals surface area (Å²) in [5.41, 5.74) is 0.947. The molecule has 0 spiro atoms. The third-order valence-corrected chi connectivity index (χ3v) is 6.35. The van der Waals surface area contributed by atoms with Crippen molar-refractivity contribution in [2.75, 3.05) is 12.3 Å². The quantitative estimate of drug-likeness (QED) is 0.774. The average molecular weight is 252 g/mol. The van der Waals surface area contributed by atoms with Crippen molar-refractivity contribution >= 4 is 16.9 Å². The van der Waals surface area contributed by atoms with Gasteiger partial charge in [-0.25, -0.2) is 0 Å². The van der Waals surface area contributed by atoms with Gasteiger partial charge in [-0.05, 0) is 42.4 Å². The van der Waals surface area contributed by atoms with Crippen molar-refractivity contribution in [3.63, 3.8) is 0 Å². The number of nitrogens with zero attached hydrogens (tertiary/aromatic N) is 1. The van der Waals surface area contributed by atoms with Gasteiger partial charge in [-0.2, -0.15) is 0 Å². The molecule has 1 aliphatic heterocycles. The Labute approximate surface area is 109 Å². The number of nitrogens with one attached hydrogen (secondary N) is 1. The van der Waals surface area contributed by atoms with Gasteiger partial charge in [0.1, 0.15) is 0 Å². The average Bonchev–Trinajstić information content (AvgIpc) is 2.77. The van der Waals surface area contributed by atoms with Crippen molar-refractivity contribution in [1.82, 2.24) is 5.32 Å². The number of fused-ring (bicyclic) bond motifs is 2. The molecule has 2 aliphatic carbocycles. The molecule has 3 rings (SSSR count). The lowest BCUT2D eigenvalue weighted by molar-refractivity contribution is 0.126. The van der Waals surface area contributed by atoms with E-state index in [1.165, 1.54) is 36.6 Å². The topological polar surface area (TPSA) is 24.4 Å². The lowest BCUT2D eigenvalue weighted by Gasteiger charge is -2.43. The van der Waals surface area contributed by atoms with Crippen molar-refractivity contribution in [3.05, 3.63) is 0 Å². The summed E-state index contributed by atoms with van der Waals surface area (Å²) in [6.45, 7) is 8.40. The van der Waals surface area contributed by atoms with Crippen LogP contribution < -0.4 is 5.32 Å². The molecule has 1 N–H and O–H groups in total. The molecule has 2 nitrogen and oxygen atoms in total. The third-order valence-electron chi connectivity index (χ3n) is 5.33. The molecule has 3 unspecified atom stereocenters. The van der Waals surface area contributed by atoms with Gasteiger partial charge in [0.2, 0.25) is 0 Å². The van der Waals surface area contributed by atoms with Crippen LogP contribution in [0.15, 0.2) is 4.99 Å². The van der Waals surface area contributed by atoms with E-state index in [0.29, 0.717) is 16.9 Å². The number of hydrogen-bond donors (Lipinski definition) is 1. The van der Waals surface area contributed by atoms with Gasteiger partial charge in [-0.15, -0.1) is 0 Å². The van der Waals surface area contributed by atoms with Crippen LogP contribution in [0.3, 0.4) is 0 Å². The SMILES string of the molecule is CC12CCC(C1)C(C)(C)C2NC1=NCCCS1. The number of hydrogen-bond acceptors (Lipinski definition) is 3. The zero-order chi connectivity index (χ0) is 12.1. The maximum atomic E-state index is 4.64. The van der Waals surface area contributed by atoms with Crippen LogP contribution in [-0.4, -0.2) is 23.5 Å². The van der Waals surface area contributed by atoms with Crippen LogP contribution >= 0.6 is 11.8 Å². The second-order valence-electron chi connectivity index (χ2n) is 6.88. The molecule has 1 heterocycles. The summed E-state index contributed by atoms with van der Waals surface area (Å²) in [6.07, 6.45) is 5.48. The molecule has 0 amide bonds. The van der Waals surface area contributed by atoms with Gasteiger partial charge in [0.15, 0.2) is 5.17 Å². The molecule has 96 valence electrons. The van der Waals surface area contributed by atoms with Crippen LogP contribution in [0.4, 0.5) is 0 Å². The molecule has 3 atom stereocenters. The molecule has 3 heteroatoms. The third kappa shape index (κ3) is 1.81. The summed E-state index contributed by atoms with van der Waals surface area (Å²) in [7, 11) is 0. The lowest BCUT2D eigenvalue weighted by Crippen LogP contribution is -2.52. The fourth-order valence-corrected chi connectivity index (χ4v) is 5.18. The molecule has 0 aromatic heterocycles. The molecule has 17 heavy (non-hydrogen) atoms. The highest BCUT2D eigenvalue weighted by atomic mass is 32.2. The van der Waals surface area contributed by atoms with E-state index in [-0.39, 0.29) is 0 Å². The van der Waals surface area contributed by atoms with Crippen LogP contribution in [0.25, 0.3) is 0 Å².